The molecule has 17 heavy (non-hydrogen) atoms. The van der Waals surface area contributed by atoms with Gasteiger partial charge >= 0.3 is 6.18 Å². The SMILES string of the molecule is OC(O)Cn1nc(C(F)(F)F)c2c1CCCC2. The van der Waals surface area contributed by atoms with E-state index in [0.29, 0.717) is 25.0 Å². The Morgan fingerprint density at radius 1 is 1.24 bits per heavy atom. The maximum atomic E-state index is 12.7. The Morgan fingerprint density at radius 3 is 2.47 bits per heavy atom. The van der Waals surface area contributed by atoms with Crippen LogP contribution >= 0.6 is 0 Å². The summed E-state index contributed by atoms with van der Waals surface area (Å²) in [5.74, 6) is 0. The van der Waals surface area contributed by atoms with Crippen molar-refractivity contribution in [2.45, 2.75) is 44.7 Å². The molecule has 4 nitrogen and oxygen atoms in total. The molecule has 0 radical (unpaired) electrons. The van der Waals surface area contributed by atoms with Crippen LogP contribution in [0.25, 0.3) is 0 Å². The fourth-order valence-corrected chi connectivity index (χ4v) is 2.20. The highest BCUT2D eigenvalue weighted by atomic mass is 19.4. The Morgan fingerprint density at radius 2 is 1.88 bits per heavy atom. The highest BCUT2D eigenvalue weighted by molar-refractivity contribution is 5.30. The average Bonchev–Trinajstić information content (AvgIpc) is 2.56. The Balaban J connectivity index is 2.44. The molecule has 2 rings (SSSR count). The van der Waals surface area contributed by atoms with E-state index in [4.69, 9.17) is 10.2 Å². The lowest BCUT2D eigenvalue weighted by molar-refractivity contribution is -0.142. The number of halogens is 3. The predicted molar refractivity (Wildman–Crippen MR) is 52.1 cm³/mol. The van der Waals surface area contributed by atoms with Crippen molar-refractivity contribution >= 4 is 0 Å². The van der Waals surface area contributed by atoms with Crippen LogP contribution in [0.15, 0.2) is 0 Å². The lowest BCUT2D eigenvalue weighted by Crippen LogP contribution is -2.19. The van der Waals surface area contributed by atoms with Crippen molar-refractivity contribution in [3.63, 3.8) is 0 Å². The lowest BCUT2D eigenvalue weighted by atomic mass is 9.95. The maximum absolute atomic E-state index is 12.7. The summed E-state index contributed by atoms with van der Waals surface area (Å²) >= 11 is 0. The molecule has 2 N–H and O–H groups in total. The van der Waals surface area contributed by atoms with Crippen molar-refractivity contribution in [1.82, 2.24) is 9.78 Å². The van der Waals surface area contributed by atoms with E-state index in [9.17, 15) is 13.2 Å². The zero-order valence-electron chi connectivity index (χ0n) is 9.04. The third-order valence-corrected chi connectivity index (χ3v) is 2.86. The zero-order chi connectivity index (χ0) is 12.6. The van der Waals surface area contributed by atoms with Crippen LogP contribution in [0.3, 0.4) is 0 Å². The molecule has 1 heterocycles. The standard InChI is InChI=1S/C10H13F3N2O2/c11-10(12,13)9-6-3-1-2-4-7(6)15(14-9)5-8(16)17/h8,16-17H,1-5H2. The molecule has 0 fully saturated rings. The van der Waals surface area contributed by atoms with Gasteiger partial charge in [0.05, 0.1) is 6.54 Å². The summed E-state index contributed by atoms with van der Waals surface area (Å²) in [7, 11) is 0. The molecule has 0 aromatic carbocycles. The van der Waals surface area contributed by atoms with Gasteiger partial charge < -0.3 is 10.2 Å². The quantitative estimate of drug-likeness (QED) is 0.772. The molecule has 0 saturated heterocycles. The molecule has 0 spiro atoms. The van der Waals surface area contributed by atoms with Crippen molar-refractivity contribution in [3.8, 4) is 0 Å². The zero-order valence-corrected chi connectivity index (χ0v) is 9.04. The minimum Gasteiger partial charge on any atom is -0.367 e. The van der Waals surface area contributed by atoms with E-state index in [1.165, 1.54) is 0 Å². The number of aromatic nitrogens is 2. The lowest BCUT2D eigenvalue weighted by Gasteiger charge is -2.15. The normalized spacial score (nSPS) is 16.4. The van der Waals surface area contributed by atoms with E-state index in [1.807, 2.05) is 0 Å². The molecular weight excluding hydrogens is 237 g/mol. The van der Waals surface area contributed by atoms with Crippen LogP contribution in [0.1, 0.15) is 29.8 Å². The molecule has 96 valence electrons. The van der Waals surface area contributed by atoms with E-state index in [1.54, 1.807) is 0 Å². The molecule has 0 aliphatic heterocycles. The maximum Gasteiger partial charge on any atom is 0.435 e. The first-order chi connectivity index (χ1) is 7.89. The van der Waals surface area contributed by atoms with Gasteiger partial charge in [-0.25, -0.2) is 0 Å². The number of fused-ring (bicyclic) bond motifs is 1. The Labute approximate surface area is 95.7 Å². The number of hydrogen-bond acceptors (Lipinski definition) is 3. The van der Waals surface area contributed by atoms with Crippen LogP contribution in [-0.2, 0) is 25.6 Å². The van der Waals surface area contributed by atoms with Crippen LogP contribution in [-0.4, -0.2) is 26.3 Å². The van der Waals surface area contributed by atoms with E-state index in [-0.39, 0.29) is 12.1 Å². The third kappa shape index (κ3) is 2.44. The van der Waals surface area contributed by atoms with E-state index in [2.05, 4.69) is 5.10 Å². The van der Waals surface area contributed by atoms with Gasteiger partial charge in [-0.1, -0.05) is 0 Å². The van der Waals surface area contributed by atoms with E-state index in [0.717, 1.165) is 11.1 Å². The molecule has 0 bridgehead atoms. The van der Waals surface area contributed by atoms with Crippen LogP contribution in [0.5, 0.6) is 0 Å². The number of aliphatic hydroxyl groups excluding tert-OH is 1. The van der Waals surface area contributed by atoms with Gasteiger partial charge in [0, 0.05) is 11.3 Å². The first-order valence-corrected chi connectivity index (χ1v) is 5.41. The van der Waals surface area contributed by atoms with E-state index >= 15 is 0 Å². The second-order valence-electron chi connectivity index (χ2n) is 4.14. The Kier molecular flexibility index (Phi) is 3.13. The fourth-order valence-electron chi connectivity index (χ4n) is 2.20. The summed E-state index contributed by atoms with van der Waals surface area (Å²) in [6.07, 6.45) is -3.80. The van der Waals surface area contributed by atoms with E-state index < -0.39 is 18.2 Å². The number of alkyl halides is 3. The van der Waals surface area contributed by atoms with Gasteiger partial charge in [0.1, 0.15) is 0 Å². The minimum atomic E-state index is -4.48. The molecule has 1 aromatic rings. The second-order valence-corrected chi connectivity index (χ2v) is 4.14. The van der Waals surface area contributed by atoms with Gasteiger partial charge in [0.15, 0.2) is 12.0 Å². The number of rotatable bonds is 2. The molecule has 0 amide bonds. The molecule has 7 heteroatoms. The fraction of sp³-hybridized carbons (Fsp3) is 0.700. The highest BCUT2D eigenvalue weighted by Gasteiger charge is 2.39. The first kappa shape index (κ1) is 12.4. The highest BCUT2D eigenvalue weighted by Crippen LogP contribution is 2.35. The van der Waals surface area contributed by atoms with Gasteiger partial charge in [0.25, 0.3) is 0 Å². The largest absolute Gasteiger partial charge is 0.435 e. The summed E-state index contributed by atoms with van der Waals surface area (Å²) in [6, 6.07) is 0. The number of nitrogens with zero attached hydrogens (tertiary/aromatic N) is 2. The van der Waals surface area contributed by atoms with Crippen LogP contribution in [0.2, 0.25) is 0 Å². The Hall–Kier alpha value is -1.08. The molecule has 1 aliphatic carbocycles. The van der Waals surface area contributed by atoms with Gasteiger partial charge in [-0.05, 0) is 25.7 Å². The molecule has 0 atom stereocenters. The van der Waals surface area contributed by atoms with Gasteiger partial charge in [0.2, 0.25) is 0 Å². The van der Waals surface area contributed by atoms with Crippen molar-refractivity contribution in [3.05, 3.63) is 17.0 Å². The smallest absolute Gasteiger partial charge is 0.367 e. The number of hydrogen-bond donors (Lipinski definition) is 2. The first-order valence-electron chi connectivity index (χ1n) is 5.41. The van der Waals surface area contributed by atoms with Crippen molar-refractivity contribution in [1.29, 1.82) is 0 Å². The summed E-state index contributed by atoms with van der Waals surface area (Å²) in [5, 5.41) is 21.1. The average molecular weight is 250 g/mol. The molecular formula is C10H13F3N2O2. The van der Waals surface area contributed by atoms with Crippen LogP contribution in [0.4, 0.5) is 13.2 Å². The predicted octanol–water partition coefficient (Wildman–Crippen LogP) is 1.09. The van der Waals surface area contributed by atoms with Gasteiger partial charge in [-0.2, -0.15) is 18.3 Å². The second kappa shape index (κ2) is 4.30. The molecule has 0 unspecified atom stereocenters. The number of aliphatic hydroxyl groups is 2. The molecule has 1 aromatic heterocycles. The third-order valence-electron chi connectivity index (χ3n) is 2.86. The Bertz CT molecular complexity index is 412. The summed E-state index contributed by atoms with van der Waals surface area (Å²) in [4.78, 5) is 0. The minimum absolute atomic E-state index is 0.212. The van der Waals surface area contributed by atoms with Crippen molar-refractivity contribution in [2.75, 3.05) is 0 Å². The molecule has 0 saturated carbocycles. The monoisotopic (exact) mass is 250 g/mol. The van der Waals surface area contributed by atoms with Crippen molar-refractivity contribution < 1.29 is 23.4 Å². The van der Waals surface area contributed by atoms with Gasteiger partial charge in [-0.3, -0.25) is 4.68 Å². The summed E-state index contributed by atoms with van der Waals surface area (Å²) < 4.78 is 39.2. The summed E-state index contributed by atoms with van der Waals surface area (Å²) in [6.45, 7) is -0.321. The van der Waals surface area contributed by atoms with Gasteiger partial charge in [-0.15, -0.1) is 0 Å². The van der Waals surface area contributed by atoms with Crippen LogP contribution < -0.4 is 0 Å². The molecule has 1 aliphatic rings. The topological polar surface area (TPSA) is 58.3 Å². The van der Waals surface area contributed by atoms with Crippen molar-refractivity contribution in [2.24, 2.45) is 0 Å². The van der Waals surface area contributed by atoms with Crippen LogP contribution in [0, 0.1) is 0 Å². The summed E-state index contributed by atoms with van der Waals surface area (Å²) in [5.41, 5.74) is -0.186.